The largest absolute Gasteiger partial charge is 0.384 e. The number of carbonyl (C=O) groups excluding carboxylic acids is 1. The van der Waals surface area contributed by atoms with E-state index in [1.54, 1.807) is 18.5 Å². The lowest BCUT2D eigenvalue weighted by molar-refractivity contribution is 0.0931. The summed E-state index contributed by atoms with van der Waals surface area (Å²) in [5, 5.41) is 11.8. The molecule has 0 aliphatic carbocycles. The van der Waals surface area contributed by atoms with E-state index in [4.69, 9.17) is 5.11 Å². The number of aliphatic hydroxyl groups excluding tert-OH is 1. The maximum absolute atomic E-state index is 12.3. The summed E-state index contributed by atoms with van der Waals surface area (Å²) < 4.78 is 0. The van der Waals surface area contributed by atoms with Crippen molar-refractivity contribution in [1.82, 2.24) is 10.3 Å². The highest BCUT2D eigenvalue weighted by Crippen LogP contribution is 2.09. The number of hydrogen-bond acceptors (Lipinski definition) is 3. The van der Waals surface area contributed by atoms with Crippen LogP contribution in [0.3, 0.4) is 0 Å². The van der Waals surface area contributed by atoms with Crippen LogP contribution in [-0.2, 0) is 0 Å². The van der Waals surface area contributed by atoms with E-state index >= 15 is 0 Å². The molecule has 0 aromatic carbocycles. The Morgan fingerprint density at radius 1 is 1.33 bits per heavy atom. The Hall–Kier alpha value is -1.86. The standard InChI is InChI=1S/C17H24N2O2/c1-3-5-9-16(7-4-2)19-17(21)15-11-14(8-6-10-20)12-18-13-15/h11-13,16,20H,3-5,7,9-10H2,1-2H3,(H,19,21). The highest BCUT2D eigenvalue weighted by atomic mass is 16.2. The molecule has 1 heterocycles. The van der Waals surface area contributed by atoms with E-state index < -0.39 is 0 Å². The number of aromatic nitrogens is 1. The monoisotopic (exact) mass is 288 g/mol. The molecule has 0 aliphatic rings. The van der Waals surface area contributed by atoms with Crippen molar-refractivity contribution in [3.63, 3.8) is 0 Å². The van der Waals surface area contributed by atoms with Gasteiger partial charge in [0.15, 0.2) is 0 Å². The Balaban J connectivity index is 2.72. The molecule has 4 nitrogen and oxygen atoms in total. The van der Waals surface area contributed by atoms with Crippen LogP contribution in [0.4, 0.5) is 0 Å². The second-order valence-corrected chi connectivity index (χ2v) is 5.02. The second kappa shape index (κ2) is 9.95. The molecule has 1 unspecified atom stereocenters. The third-order valence-electron chi connectivity index (χ3n) is 3.19. The zero-order valence-corrected chi connectivity index (χ0v) is 12.9. The average Bonchev–Trinajstić information content (AvgIpc) is 2.51. The van der Waals surface area contributed by atoms with Crippen LogP contribution in [-0.4, -0.2) is 28.6 Å². The number of carbonyl (C=O) groups is 1. The van der Waals surface area contributed by atoms with Crippen LogP contribution in [0.2, 0.25) is 0 Å². The van der Waals surface area contributed by atoms with Gasteiger partial charge in [-0.3, -0.25) is 9.78 Å². The zero-order valence-electron chi connectivity index (χ0n) is 12.9. The van der Waals surface area contributed by atoms with Crippen molar-refractivity contribution in [2.24, 2.45) is 0 Å². The van der Waals surface area contributed by atoms with Gasteiger partial charge in [-0.25, -0.2) is 0 Å². The van der Waals surface area contributed by atoms with Crippen LogP contribution in [0.1, 0.15) is 61.9 Å². The molecule has 1 rings (SSSR count). The summed E-state index contributed by atoms with van der Waals surface area (Å²) in [5.41, 5.74) is 1.15. The van der Waals surface area contributed by atoms with Gasteiger partial charge in [0, 0.05) is 24.0 Å². The maximum atomic E-state index is 12.3. The first kappa shape index (κ1) is 17.2. The molecule has 1 aromatic heterocycles. The lowest BCUT2D eigenvalue weighted by atomic mass is 10.0. The van der Waals surface area contributed by atoms with Gasteiger partial charge in [0.05, 0.1) is 5.56 Å². The van der Waals surface area contributed by atoms with Crippen LogP contribution >= 0.6 is 0 Å². The molecule has 0 fully saturated rings. The number of nitrogens with zero attached hydrogens (tertiary/aromatic N) is 1. The van der Waals surface area contributed by atoms with Crippen molar-refractivity contribution < 1.29 is 9.90 Å². The van der Waals surface area contributed by atoms with Gasteiger partial charge in [0.25, 0.3) is 5.91 Å². The second-order valence-electron chi connectivity index (χ2n) is 5.02. The normalized spacial score (nSPS) is 11.4. The van der Waals surface area contributed by atoms with Crippen molar-refractivity contribution in [3.8, 4) is 11.8 Å². The molecule has 0 aliphatic heterocycles. The lowest BCUT2D eigenvalue weighted by Gasteiger charge is -2.17. The van der Waals surface area contributed by atoms with Crippen LogP contribution in [0.15, 0.2) is 18.5 Å². The van der Waals surface area contributed by atoms with Crippen molar-refractivity contribution >= 4 is 5.91 Å². The van der Waals surface area contributed by atoms with Crippen molar-refractivity contribution in [2.75, 3.05) is 6.61 Å². The van der Waals surface area contributed by atoms with Gasteiger partial charge in [0.1, 0.15) is 6.61 Å². The van der Waals surface area contributed by atoms with Gasteiger partial charge in [-0.15, -0.1) is 0 Å². The third kappa shape index (κ3) is 6.42. The molecule has 4 heteroatoms. The first-order valence-corrected chi connectivity index (χ1v) is 7.56. The predicted octanol–water partition coefficient (Wildman–Crippen LogP) is 2.51. The van der Waals surface area contributed by atoms with Crippen LogP contribution in [0.5, 0.6) is 0 Å². The van der Waals surface area contributed by atoms with Gasteiger partial charge >= 0.3 is 0 Å². The first-order chi connectivity index (χ1) is 10.2. The highest BCUT2D eigenvalue weighted by Gasteiger charge is 2.13. The van der Waals surface area contributed by atoms with Gasteiger partial charge in [-0.1, -0.05) is 45.0 Å². The molecule has 1 amide bonds. The van der Waals surface area contributed by atoms with E-state index in [0.717, 1.165) is 32.1 Å². The van der Waals surface area contributed by atoms with Gasteiger partial charge in [-0.05, 0) is 18.9 Å². The minimum Gasteiger partial charge on any atom is -0.384 e. The minimum atomic E-state index is -0.202. The fourth-order valence-electron chi connectivity index (χ4n) is 2.13. The average molecular weight is 288 g/mol. The Bertz CT molecular complexity index is 503. The molecule has 1 atom stereocenters. The number of unbranched alkanes of at least 4 members (excludes halogenated alkanes) is 1. The Morgan fingerprint density at radius 3 is 2.81 bits per heavy atom. The molecule has 114 valence electrons. The van der Waals surface area contributed by atoms with Crippen molar-refractivity contribution in [1.29, 1.82) is 0 Å². The van der Waals surface area contributed by atoms with E-state index in [0.29, 0.717) is 11.1 Å². The number of rotatable bonds is 7. The van der Waals surface area contributed by atoms with E-state index in [9.17, 15) is 4.79 Å². The van der Waals surface area contributed by atoms with Gasteiger partial charge in [0.2, 0.25) is 0 Å². The third-order valence-corrected chi connectivity index (χ3v) is 3.19. The minimum absolute atomic E-state index is 0.107. The Kier molecular flexibility index (Phi) is 8.15. The molecule has 2 N–H and O–H groups in total. The zero-order chi connectivity index (χ0) is 15.5. The van der Waals surface area contributed by atoms with E-state index in [-0.39, 0.29) is 18.6 Å². The molecule has 21 heavy (non-hydrogen) atoms. The predicted molar refractivity (Wildman–Crippen MR) is 83.9 cm³/mol. The molecular weight excluding hydrogens is 264 g/mol. The van der Waals surface area contributed by atoms with E-state index in [2.05, 4.69) is 36.0 Å². The first-order valence-electron chi connectivity index (χ1n) is 7.56. The molecule has 0 saturated carbocycles. The maximum Gasteiger partial charge on any atom is 0.253 e. The molecule has 0 spiro atoms. The van der Waals surface area contributed by atoms with Crippen molar-refractivity contribution in [3.05, 3.63) is 29.6 Å². The summed E-state index contributed by atoms with van der Waals surface area (Å²) in [4.78, 5) is 16.3. The molecule has 0 saturated heterocycles. The molecule has 0 radical (unpaired) electrons. The van der Waals surface area contributed by atoms with E-state index in [1.807, 2.05) is 0 Å². The number of pyridine rings is 1. The van der Waals surface area contributed by atoms with Gasteiger partial charge < -0.3 is 10.4 Å². The number of aliphatic hydroxyl groups is 1. The number of hydrogen-bond donors (Lipinski definition) is 2. The molecule has 0 bridgehead atoms. The number of nitrogens with one attached hydrogen (secondary N) is 1. The Labute approximate surface area is 127 Å². The van der Waals surface area contributed by atoms with Crippen LogP contribution in [0, 0.1) is 11.8 Å². The number of amides is 1. The fourth-order valence-corrected chi connectivity index (χ4v) is 2.13. The smallest absolute Gasteiger partial charge is 0.253 e. The molecular formula is C17H24N2O2. The summed E-state index contributed by atoms with van der Waals surface area (Å²) in [7, 11) is 0. The molecule has 1 aromatic rings. The van der Waals surface area contributed by atoms with Crippen LogP contribution in [0.25, 0.3) is 0 Å². The SMILES string of the molecule is CCCCC(CCC)NC(=O)c1cncc(C#CCO)c1. The highest BCUT2D eigenvalue weighted by molar-refractivity contribution is 5.94. The summed E-state index contributed by atoms with van der Waals surface area (Å²) in [6, 6.07) is 1.92. The van der Waals surface area contributed by atoms with E-state index in [1.165, 1.54) is 0 Å². The van der Waals surface area contributed by atoms with Crippen molar-refractivity contribution in [2.45, 2.75) is 52.0 Å². The summed E-state index contributed by atoms with van der Waals surface area (Å²) in [6.45, 7) is 4.07. The van der Waals surface area contributed by atoms with Crippen LogP contribution < -0.4 is 5.32 Å². The summed E-state index contributed by atoms with van der Waals surface area (Å²) in [5.74, 6) is 5.21. The summed E-state index contributed by atoms with van der Waals surface area (Å²) >= 11 is 0. The fraction of sp³-hybridized carbons (Fsp3) is 0.529. The van der Waals surface area contributed by atoms with Gasteiger partial charge in [-0.2, -0.15) is 0 Å². The lowest BCUT2D eigenvalue weighted by Crippen LogP contribution is -2.34. The quantitative estimate of drug-likeness (QED) is 0.758. The Morgan fingerprint density at radius 2 is 2.14 bits per heavy atom. The summed E-state index contributed by atoms with van der Waals surface area (Å²) in [6.07, 6.45) is 8.42. The topological polar surface area (TPSA) is 62.2 Å².